The molecule has 2 fully saturated rings. The van der Waals surface area contributed by atoms with Gasteiger partial charge in [0.05, 0.1) is 33.0 Å². The maximum Gasteiger partial charge on any atom is 0.225 e. The molecular weight excluding hydrogens is 698 g/mol. The van der Waals surface area contributed by atoms with Gasteiger partial charge in [-0.05, 0) is 72.4 Å². The van der Waals surface area contributed by atoms with Crippen molar-refractivity contribution < 1.29 is 37.2 Å². The van der Waals surface area contributed by atoms with Crippen LogP contribution in [0.15, 0.2) is 127 Å². The molecule has 0 N–H and O–H groups in total. The average Bonchev–Trinajstić information content (AvgIpc) is 3.55. The lowest BCUT2D eigenvalue weighted by Gasteiger charge is -2.51. The molecule has 0 spiro atoms. The molecule has 5 aromatic rings. The van der Waals surface area contributed by atoms with Crippen LogP contribution in [0.2, 0.25) is 5.02 Å². The third-order valence-electron chi connectivity index (χ3n) is 9.95. The number of fused-ring (bicyclic) bond motifs is 2. The van der Waals surface area contributed by atoms with E-state index in [0.717, 1.165) is 16.7 Å². The SMILES string of the molecule is CCOc1ccc(Cc2cc([C@]34OC[C@]([C@@H](C)F)(O3)[C@@H](OCc3ccccc3)[C@H](OCc3ccccc3)[C@H]4OCc3ccccc3)ccc2Cl)cc1F. The van der Waals surface area contributed by atoms with Gasteiger partial charge in [0.2, 0.25) is 5.79 Å². The molecular formula is C44H43ClF2O6. The standard InChI is InChI=1S/C44H43ClF2O6/c1-3-48-39-22-19-34(24-38(39)47)23-35-25-36(20-21-37(35)45)44-42(51-28-33-17-11-6-12-18-33)40(49-26-31-13-7-4-8-14-31)41(43(53-44,29-52-44)30(2)46)50-27-32-15-9-5-10-16-32/h4-22,24-25,30,40-42H,3,23,26-29H2,1-2H3/t30-,40+,41+,42-,43-,44+/m1/s1. The fourth-order valence-electron chi connectivity index (χ4n) is 7.20. The van der Waals surface area contributed by atoms with E-state index in [-0.39, 0.29) is 32.2 Å². The number of ether oxygens (including phenoxy) is 6. The van der Waals surface area contributed by atoms with Crippen molar-refractivity contribution in [3.8, 4) is 5.75 Å². The van der Waals surface area contributed by atoms with E-state index in [1.165, 1.54) is 13.0 Å². The molecule has 6 atom stereocenters. The van der Waals surface area contributed by atoms with Gasteiger partial charge < -0.3 is 28.4 Å². The maximum absolute atomic E-state index is 16.4. The van der Waals surface area contributed by atoms with E-state index in [4.69, 9.17) is 40.0 Å². The first-order valence-corrected chi connectivity index (χ1v) is 18.3. The summed E-state index contributed by atoms with van der Waals surface area (Å²) < 4.78 is 70.6. The monoisotopic (exact) mass is 740 g/mol. The lowest BCUT2D eigenvalue weighted by molar-refractivity contribution is -0.356. The van der Waals surface area contributed by atoms with Crippen molar-refractivity contribution in [1.29, 1.82) is 0 Å². The highest BCUT2D eigenvalue weighted by Gasteiger charge is 2.71. The van der Waals surface area contributed by atoms with Crippen LogP contribution in [-0.4, -0.2) is 43.3 Å². The molecule has 53 heavy (non-hydrogen) atoms. The molecule has 2 aliphatic rings. The van der Waals surface area contributed by atoms with Crippen molar-refractivity contribution in [3.63, 3.8) is 0 Å². The Morgan fingerprint density at radius 2 is 1.32 bits per heavy atom. The average molecular weight is 741 g/mol. The quantitative estimate of drug-likeness (QED) is 0.107. The molecule has 0 aromatic heterocycles. The molecule has 5 aromatic carbocycles. The molecule has 9 heteroatoms. The van der Waals surface area contributed by atoms with Crippen LogP contribution < -0.4 is 4.74 Å². The van der Waals surface area contributed by atoms with Gasteiger partial charge in [-0.3, -0.25) is 0 Å². The third-order valence-corrected chi connectivity index (χ3v) is 10.3. The van der Waals surface area contributed by atoms with Crippen molar-refractivity contribution >= 4 is 11.6 Å². The van der Waals surface area contributed by atoms with E-state index in [1.54, 1.807) is 19.1 Å². The molecule has 0 aliphatic carbocycles. The predicted molar refractivity (Wildman–Crippen MR) is 199 cm³/mol. The van der Waals surface area contributed by atoms with Gasteiger partial charge >= 0.3 is 0 Å². The van der Waals surface area contributed by atoms with E-state index in [2.05, 4.69) is 0 Å². The largest absolute Gasteiger partial charge is 0.491 e. The first-order chi connectivity index (χ1) is 25.8. The van der Waals surface area contributed by atoms with Crippen LogP contribution in [0, 0.1) is 5.82 Å². The number of rotatable bonds is 15. The van der Waals surface area contributed by atoms with Crippen molar-refractivity contribution in [3.05, 3.63) is 172 Å². The van der Waals surface area contributed by atoms with Crippen molar-refractivity contribution in [2.24, 2.45) is 0 Å². The molecule has 0 unspecified atom stereocenters. The minimum atomic E-state index is -1.62. The zero-order valence-corrected chi connectivity index (χ0v) is 30.5. The third kappa shape index (κ3) is 7.90. The Kier molecular flexibility index (Phi) is 11.6. The Morgan fingerprint density at radius 1 is 0.736 bits per heavy atom. The molecule has 2 bridgehead atoms. The molecule has 0 amide bonds. The number of alkyl halides is 1. The first-order valence-electron chi connectivity index (χ1n) is 18.0. The zero-order valence-electron chi connectivity index (χ0n) is 29.8. The minimum Gasteiger partial charge on any atom is -0.491 e. The Bertz CT molecular complexity index is 1950. The van der Waals surface area contributed by atoms with Gasteiger partial charge in [-0.2, -0.15) is 0 Å². The minimum absolute atomic E-state index is 0.122. The molecule has 7 rings (SSSR count). The topological polar surface area (TPSA) is 55.4 Å². The van der Waals surface area contributed by atoms with Crippen molar-refractivity contribution in [2.45, 2.75) is 76.0 Å². The fraction of sp³-hybridized carbons (Fsp3) is 0.318. The summed E-state index contributed by atoms with van der Waals surface area (Å²) >= 11 is 6.79. The summed E-state index contributed by atoms with van der Waals surface area (Å²) in [5.74, 6) is -1.89. The summed E-state index contributed by atoms with van der Waals surface area (Å²) in [5.41, 5.74) is 3.19. The van der Waals surface area contributed by atoms with Crippen LogP contribution in [-0.2, 0) is 55.7 Å². The lowest BCUT2D eigenvalue weighted by atomic mass is 9.80. The molecule has 0 radical (unpaired) electrons. The number of benzene rings is 5. The molecule has 6 nitrogen and oxygen atoms in total. The van der Waals surface area contributed by atoms with E-state index in [1.807, 2.05) is 109 Å². The van der Waals surface area contributed by atoms with Crippen LogP contribution in [0.25, 0.3) is 0 Å². The van der Waals surface area contributed by atoms with Gasteiger partial charge in [-0.25, -0.2) is 8.78 Å². The molecule has 2 aliphatic heterocycles. The molecule has 2 saturated heterocycles. The van der Waals surface area contributed by atoms with Gasteiger partial charge in [0.15, 0.2) is 17.2 Å². The molecule has 2 heterocycles. The summed E-state index contributed by atoms with van der Waals surface area (Å²) in [5, 5.41) is 0.473. The van der Waals surface area contributed by atoms with E-state index in [0.29, 0.717) is 34.7 Å². The Morgan fingerprint density at radius 3 is 1.89 bits per heavy atom. The summed E-state index contributed by atoms with van der Waals surface area (Å²) in [6.45, 7) is 4.10. The van der Waals surface area contributed by atoms with Crippen LogP contribution in [0.3, 0.4) is 0 Å². The molecule has 0 saturated carbocycles. The zero-order chi connectivity index (χ0) is 36.8. The Balaban J connectivity index is 1.31. The van der Waals surface area contributed by atoms with Crippen LogP contribution in [0.4, 0.5) is 8.78 Å². The summed E-state index contributed by atoms with van der Waals surface area (Å²) in [4.78, 5) is 0. The number of hydrogen-bond acceptors (Lipinski definition) is 6. The van der Waals surface area contributed by atoms with Gasteiger partial charge in [-0.15, -0.1) is 0 Å². The van der Waals surface area contributed by atoms with E-state index >= 15 is 4.39 Å². The number of hydrogen-bond donors (Lipinski definition) is 0. The lowest BCUT2D eigenvalue weighted by Crippen LogP contribution is -2.68. The van der Waals surface area contributed by atoms with Gasteiger partial charge in [-0.1, -0.05) is 115 Å². The van der Waals surface area contributed by atoms with Crippen LogP contribution in [0.5, 0.6) is 5.75 Å². The second-order valence-corrected chi connectivity index (χ2v) is 13.9. The highest BCUT2D eigenvalue weighted by Crippen LogP contribution is 2.55. The maximum atomic E-state index is 16.4. The van der Waals surface area contributed by atoms with Crippen molar-refractivity contribution in [2.75, 3.05) is 13.2 Å². The van der Waals surface area contributed by atoms with Crippen LogP contribution >= 0.6 is 11.6 Å². The normalized spacial score (nSPS) is 24.2. The summed E-state index contributed by atoms with van der Waals surface area (Å²) in [6.07, 6.45) is -3.93. The van der Waals surface area contributed by atoms with Gasteiger partial charge in [0.25, 0.3) is 0 Å². The molecule has 276 valence electrons. The fourth-order valence-corrected chi connectivity index (χ4v) is 7.38. The Labute approximate surface area is 314 Å². The highest BCUT2D eigenvalue weighted by atomic mass is 35.5. The van der Waals surface area contributed by atoms with Gasteiger partial charge in [0.1, 0.15) is 24.5 Å². The smallest absolute Gasteiger partial charge is 0.225 e. The van der Waals surface area contributed by atoms with Gasteiger partial charge in [0, 0.05) is 10.6 Å². The van der Waals surface area contributed by atoms with E-state index in [9.17, 15) is 4.39 Å². The summed E-state index contributed by atoms with van der Waals surface area (Å²) in [7, 11) is 0. The second kappa shape index (κ2) is 16.5. The van der Waals surface area contributed by atoms with Crippen molar-refractivity contribution in [1.82, 2.24) is 0 Å². The predicted octanol–water partition coefficient (Wildman–Crippen LogP) is 9.53. The van der Waals surface area contributed by atoms with Crippen LogP contribution in [0.1, 0.15) is 47.2 Å². The summed E-state index contributed by atoms with van der Waals surface area (Å²) in [6, 6.07) is 39.6. The highest BCUT2D eigenvalue weighted by molar-refractivity contribution is 6.31. The first kappa shape index (κ1) is 37.2. The second-order valence-electron chi connectivity index (χ2n) is 13.5. The van der Waals surface area contributed by atoms with E-state index < -0.39 is 41.7 Å². The Hall–Kier alpha value is -4.15. The number of halogens is 3.